The van der Waals surface area contributed by atoms with E-state index in [1.54, 1.807) is 13.0 Å². The van der Waals surface area contributed by atoms with Gasteiger partial charge in [0.2, 0.25) is 0 Å². The number of hydrogen-bond donors (Lipinski definition) is 1. The molecule has 2 fully saturated rings. The van der Waals surface area contributed by atoms with Crippen molar-refractivity contribution in [3.63, 3.8) is 0 Å². The fourth-order valence-corrected chi connectivity index (χ4v) is 6.10. The Hall–Kier alpha value is -2.68. The molecule has 194 valence electrons. The van der Waals surface area contributed by atoms with Gasteiger partial charge in [-0.2, -0.15) is 0 Å². The number of ether oxygens (including phenoxy) is 4. The number of carbonyl (C=O) groups is 4. The summed E-state index contributed by atoms with van der Waals surface area (Å²) in [6.07, 6.45) is -0.497. The van der Waals surface area contributed by atoms with Gasteiger partial charge >= 0.3 is 23.9 Å². The number of esters is 4. The van der Waals surface area contributed by atoms with Gasteiger partial charge in [0.15, 0.2) is 11.7 Å². The molecule has 0 aromatic heterocycles. The third kappa shape index (κ3) is 4.75. The van der Waals surface area contributed by atoms with Crippen LogP contribution in [0.2, 0.25) is 0 Å². The van der Waals surface area contributed by atoms with E-state index in [9.17, 15) is 24.3 Å². The molecule has 9 heteroatoms. The molecule has 1 aliphatic heterocycles. The number of carbonyl (C=O) groups excluding carboxylic acids is 4. The Kier molecular flexibility index (Phi) is 7.50. The van der Waals surface area contributed by atoms with E-state index in [0.29, 0.717) is 31.3 Å². The summed E-state index contributed by atoms with van der Waals surface area (Å²) in [5.41, 5.74) is -1.63. The molecule has 0 bridgehead atoms. The van der Waals surface area contributed by atoms with E-state index in [-0.39, 0.29) is 0 Å². The largest absolute Gasteiger partial charge is 0.462 e. The third-order valence-electron chi connectivity index (χ3n) is 7.88. The summed E-state index contributed by atoms with van der Waals surface area (Å²) in [5, 5.41) is 12.2. The normalized spacial score (nSPS) is 40.8. The van der Waals surface area contributed by atoms with Crippen molar-refractivity contribution >= 4 is 23.9 Å². The predicted octanol–water partition coefficient (Wildman–Crippen LogP) is 2.79. The van der Waals surface area contributed by atoms with Crippen LogP contribution in [-0.2, 0) is 38.1 Å². The van der Waals surface area contributed by atoms with Crippen molar-refractivity contribution in [2.45, 2.75) is 97.2 Å². The standard InChI is InChI=1S/C26H36O9/c1-13-8-10-19(32-16(4)27)25(7)20(33-17(5)28)11-9-14(2)22(25)23(34-18(6)29)26(31)15(3)24(30)35-21(26)12-13/h12,15,19-23,31H,2,8-11H2,1,3-7H3/b13-12-/t15-,19+,20-,21-,22+,23+,25-,26-/m0/s1. The lowest BCUT2D eigenvalue weighted by atomic mass is 9.55. The average Bonchev–Trinajstić information content (AvgIpc) is 2.95. The summed E-state index contributed by atoms with van der Waals surface area (Å²) in [6.45, 7) is 13.2. The first-order valence-corrected chi connectivity index (χ1v) is 12.0. The fraction of sp³-hybridized carbons (Fsp3) is 0.692. The Morgan fingerprint density at radius 1 is 1.03 bits per heavy atom. The van der Waals surface area contributed by atoms with Gasteiger partial charge in [-0.3, -0.25) is 19.2 Å². The zero-order chi connectivity index (χ0) is 26.3. The maximum atomic E-state index is 12.7. The molecule has 3 aliphatic rings. The second-order valence-electron chi connectivity index (χ2n) is 10.3. The highest BCUT2D eigenvalue weighted by molar-refractivity contribution is 5.77. The van der Waals surface area contributed by atoms with Gasteiger partial charge in [-0.25, -0.2) is 0 Å². The third-order valence-corrected chi connectivity index (χ3v) is 7.88. The molecule has 1 heterocycles. The molecule has 9 nitrogen and oxygen atoms in total. The molecule has 0 aromatic rings. The molecule has 1 N–H and O–H groups in total. The van der Waals surface area contributed by atoms with Crippen LogP contribution >= 0.6 is 0 Å². The minimum atomic E-state index is -1.94. The summed E-state index contributed by atoms with van der Waals surface area (Å²) in [6, 6.07) is 0. The molecular weight excluding hydrogens is 456 g/mol. The van der Waals surface area contributed by atoms with Crippen molar-refractivity contribution in [3.8, 4) is 0 Å². The molecule has 1 saturated heterocycles. The summed E-state index contributed by atoms with van der Waals surface area (Å²) in [5.74, 6) is -4.15. The van der Waals surface area contributed by atoms with E-state index in [4.69, 9.17) is 18.9 Å². The van der Waals surface area contributed by atoms with Crippen LogP contribution in [0.4, 0.5) is 0 Å². The van der Waals surface area contributed by atoms with Crippen LogP contribution < -0.4 is 0 Å². The molecule has 1 saturated carbocycles. The molecule has 3 rings (SSSR count). The van der Waals surface area contributed by atoms with Crippen molar-refractivity contribution in [3.05, 3.63) is 23.8 Å². The minimum Gasteiger partial charge on any atom is -0.462 e. The summed E-state index contributed by atoms with van der Waals surface area (Å²) in [7, 11) is 0. The molecule has 8 atom stereocenters. The van der Waals surface area contributed by atoms with Crippen molar-refractivity contribution in [1.82, 2.24) is 0 Å². The maximum absolute atomic E-state index is 12.7. The Morgan fingerprint density at radius 3 is 2.06 bits per heavy atom. The van der Waals surface area contributed by atoms with Gasteiger partial charge in [-0.1, -0.05) is 24.6 Å². The van der Waals surface area contributed by atoms with Crippen LogP contribution in [0.15, 0.2) is 23.8 Å². The highest BCUT2D eigenvalue weighted by Crippen LogP contribution is 2.56. The summed E-state index contributed by atoms with van der Waals surface area (Å²) < 4.78 is 23.0. The minimum absolute atomic E-state index is 0.376. The van der Waals surface area contributed by atoms with E-state index in [0.717, 1.165) is 5.57 Å². The number of rotatable bonds is 3. The van der Waals surface area contributed by atoms with E-state index in [1.807, 2.05) is 6.92 Å². The maximum Gasteiger partial charge on any atom is 0.312 e. The topological polar surface area (TPSA) is 125 Å². The van der Waals surface area contributed by atoms with Crippen molar-refractivity contribution in [2.24, 2.45) is 17.3 Å². The van der Waals surface area contributed by atoms with Crippen molar-refractivity contribution in [1.29, 1.82) is 0 Å². The average molecular weight is 493 g/mol. The number of aliphatic hydroxyl groups is 1. The molecule has 2 aliphatic carbocycles. The molecular formula is C26H36O9. The Balaban J connectivity index is 2.33. The molecule has 0 radical (unpaired) electrons. The molecule has 0 amide bonds. The molecule has 0 aromatic carbocycles. The lowest BCUT2D eigenvalue weighted by Gasteiger charge is -2.55. The Bertz CT molecular complexity index is 952. The van der Waals surface area contributed by atoms with Crippen molar-refractivity contribution < 1.29 is 43.2 Å². The summed E-state index contributed by atoms with van der Waals surface area (Å²) in [4.78, 5) is 49.4. The highest BCUT2D eigenvalue weighted by Gasteiger charge is 2.67. The number of hydrogen-bond acceptors (Lipinski definition) is 9. The lowest BCUT2D eigenvalue weighted by Crippen LogP contribution is -2.65. The fourth-order valence-electron chi connectivity index (χ4n) is 6.10. The van der Waals surface area contributed by atoms with Gasteiger partial charge in [0.25, 0.3) is 0 Å². The van der Waals surface area contributed by atoms with E-state index < -0.39 is 71.1 Å². The monoisotopic (exact) mass is 492 g/mol. The Labute approximate surface area is 205 Å². The van der Waals surface area contributed by atoms with Crippen LogP contribution in [0.3, 0.4) is 0 Å². The predicted molar refractivity (Wildman–Crippen MR) is 124 cm³/mol. The zero-order valence-electron chi connectivity index (χ0n) is 21.3. The van der Waals surface area contributed by atoms with Crippen LogP contribution in [0.5, 0.6) is 0 Å². The molecule has 35 heavy (non-hydrogen) atoms. The first kappa shape index (κ1) is 26.9. The van der Waals surface area contributed by atoms with Gasteiger partial charge < -0.3 is 24.1 Å². The number of allylic oxidation sites excluding steroid dienone is 1. The van der Waals surface area contributed by atoms with E-state index >= 15 is 0 Å². The lowest BCUT2D eigenvalue weighted by molar-refractivity contribution is -0.219. The first-order valence-electron chi connectivity index (χ1n) is 12.0. The van der Waals surface area contributed by atoms with Crippen LogP contribution in [0.25, 0.3) is 0 Å². The highest BCUT2D eigenvalue weighted by atomic mass is 16.6. The van der Waals surface area contributed by atoms with Gasteiger partial charge in [0, 0.05) is 26.7 Å². The SMILES string of the molecule is C=C1CC[C@H](OC(C)=O)[C@@]2(C)[C@H]1[C@@H](OC(C)=O)[C@@]1(O)[C@H](/C=C(/C)CC[C@H]2OC(C)=O)OC(=O)[C@@H]1C. The summed E-state index contributed by atoms with van der Waals surface area (Å²) >= 11 is 0. The second-order valence-corrected chi connectivity index (χ2v) is 10.3. The zero-order valence-corrected chi connectivity index (χ0v) is 21.3. The van der Waals surface area contributed by atoms with E-state index in [2.05, 4.69) is 6.58 Å². The van der Waals surface area contributed by atoms with Gasteiger partial charge in [-0.05, 0) is 45.6 Å². The molecule has 0 spiro atoms. The second kappa shape index (κ2) is 9.76. The van der Waals surface area contributed by atoms with E-state index in [1.165, 1.54) is 27.7 Å². The van der Waals surface area contributed by atoms with Crippen LogP contribution in [-0.4, -0.2) is 59.0 Å². The van der Waals surface area contributed by atoms with Gasteiger partial charge in [0.05, 0.1) is 11.3 Å². The van der Waals surface area contributed by atoms with Gasteiger partial charge in [0.1, 0.15) is 18.3 Å². The number of fused-ring (bicyclic) bond motifs is 2. The molecule has 0 unspecified atom stereocenters. The van der Waals surface area contributed by atoms with Crippen LogP contribution in [0, 0.1) is 17.3 Å². The van der Waals surface area contributed by atoms with Crippen molar-refractivity contribution in [2.75, 3.05) is 0 Å². The first-order chi connectivity index (χ1) is 16.2. The quantitative estimate of drug-likeness (QED) is 0.359. The Morgan fingerprint density at radius 2 is 1.54 bits per heavy atom. The van der Waals surface area contributed by atoms with Gasteiger partial charge in [-0.15, -0.1) is 0 Å². The smallest absolute Gasteiger partial charge is 0.312 e. The van der Waals surface area contributed by atoms with Crippen LogP contribution in [0.1, 0.15) is 67.2 Å².